The molecule has 0 unspecified atom stereocenters. The number of nitrogens with one attached hydrogen (secondary N) is 1. The number of hydrogen-bond donors (Lipinski definition) is 1. The lowest BCUT2D eigenvalue weighted by Crippen LogP contribution is -2.33. The first-order valence-corrected chi connectivity index (χ1v) is 10.5. The van der Waals surface area contributed by atoms with Crippen molar-refractivity contribution in [3.05, 3.63) is 105 Å². The van der Waals surface area contributed by atoms with Gasteiger partial charge in [0.05, 0.1) is 19.2 Å². The summed E-state index contributed by atoms with van der Waals surface area (Å²) in [5.74, 6) is 0.273. The molecule has 0 atom stereocenters. The van der Waals surface area contributed by atoms with E-state index in [0.29, 0.717) is 16.9 Å². The zero-order valence-electron chi connectivity index (χ0n) is 18.7. The summed E-state index contributed by atoms with van der Waals surface area (Å²) < 4.78 is 5.43. The first kappa shape index (κ1) is 21.4. The van der Waals surface area contributed by atoms with Gasteiger partial charge in [0.2, 0.25) is 0 Å². The van der Waals surface area contributed by atoms with Crippen molar-refractivity contribution in [1.29, 1.82) is 0 Å². The van der Waals surface area contributed by atoms with Crippen LogP contribution in [0, 0.1) is 20.8 Å². The van der Waals surface area contributed by atoms with Crippen LogP contribution in [-0.2, 0) is 6.54 Å². The molecule has 1 aromatic heterocycles. The van der Waals surface area contributed by atoms with Crippen molar-refractivity contribution in [2.75, 3.05) is 12.0 Å². The van der Waals surface area contributed by atoms with Gasteiger partial charge in [-0.3, -0.25) is 9.59 Å². The minimum Gasteiger partial charge on any atom is -0.496 e. The van der Waals surface area contributed by atoms with Crippen LogP contribution in [0.25, 0.3) is 10.9 Å². The van der Waals surface area contributed by atoms with Crippen molar-refractivity contribution >= 4 is 22.5 Å². The molecule has 1 amide bonds. The van der Waals surface area contributed by atoms with Gasteiger partial charge in [-0.1, -0.05) is 36.4 Å². The quantitative estimate of drug-likeness (QED) is 0.470. The summed E-state index contributed by atoms with van der Waals surface area (Å²) >= 11 is 0. The van der Waals surface area contributed by atoms with Crippen molar-refractivity contribution in [2.45, 2.75) is 27.3 Å². The van der Waals surface area contributed by atoms with Gasteiger partial charge in [-0.15, -0.1) is 0 Å². The Morgan fingerprint density at radius 1 is 0.938 bits per heavy atom. The molecular formula is C27H26N2O3. The summed E-state index contributed by atoms with van der Waals surface area (Å²) in [7, 11) is 1.55. The Morgan fingerprint density at radius 3 is 2.44 bits per heavy atom. The fraction of sp³-hybridized carbons (Fsp3) is 0.185. The molecule has 4 rings (SSSR count). The van der Waals surface area contributed by atoms with E-state index in [1.165, 1.54) is 0 Å². The van der Waals surface area contributed by atoms with Crippen molar-refractivity contribution in [2.24, 2.45) is 0 Å². The number of aromatic nitrogens is 1. The zero-order valence-corrected chi connectivity index (χ0v) is 18.7. The fourth-order valence-corrected chi connectivity index (χ4v) is 3.89. The van der Waals surface area contributed by atoms with Gasteiger partial charge in [0, 0.05) is 16.8 Å². The van der Waals surface area contributed by atoms with Crippen LogP contribution in [0.5, 0.6) is 5.75 Å². The third-order valence-electron chi connectivity index (χ3n) is 5.64. The van der Waals surface area contributed by atoms with Crippen LogP contribution in [0.15, 0.2) is 71.5 Å². The van der Waals surface area contributed by atoms with E-state index in [-0.39, 0.29) is 18.0 Å². The van der Waals surface area contributed by atoms with E-state index in [0.717, 1.165) is 33.3 Å². The van der Waals surface area contributed by atoms with Crippen molar-refractivity contribution in [3.8, 4) is 5.75 Å². The number of anilines is 1. The first-order chi connectivity index (χ1) is 15.4. The molecule has 0 aliphatic heterocycles. The molecular weight excluding hydrogens is 400 g/mol. The van der Waals surface area contributed by atoms with Crippen molar-refractivity contribution < 1.29 is 9.53 Å². The summed E-state index contributed by atoms with van der Waals surface area (Å²) in [6.45, 7) is 6.07. The Balaban J connectivity index is 1.85. The molecule has 1 heterocycles. The Bertz CT molecular complexity index is 1370. The number of carbonyl (C=O) groups is 1. The normalized spacial score (nSPS) is 10.9. The number of pyridine rings is 1. The highest BCUT2D eigenvalue weighted by molar-refractivity contribution is 6.08. The zero-order chi connectivity index (χ0) is 22.8. The smallest absolute Gasteiger partial charge is 0.262 e. The number of rotatable bonds is 5. The number of carbonyl (C=O) groups excluding carboxylic acids is 1. The van der Waals surface area contributed by atoms with Crippen LogP contribution in [0.4, 0.5) is 5.69 Å². The standard InChI is InChI=1S/C27H26N2O3/c1-17-10-12-20-15-21(26(30)28-23(20)13-17)16-29(24-14-18(2)9-11-19(24)3)27(31)22-7-5-6-8-25(22)32-4/h5-15H,16H2,1-4H3,(H,28,30). The highest BCUT2D eigenvalue weighted by atomic mass is 16.5. The number of para-hydroxylation sites is 1. The van der Waals surface area contributed by atoms with Gasteiger partial charge < -0.3 is 14.6 Å². The van der Waals surface area contributed by atoms with Crippen molar-refractivity contribution in [1.82, 2.24) is 4.98 Å². The molecule has 4 aromatic rings. The number of ether oxygens (including phenoxy) is 1. The number of amides is 1. The maximum Gasteiger partial charge on any atom is 0.262 e. The monoisotopic (exact) mass is 426 g/mol. The maximum atomic E-state index is 13.7. The van der Waals surface area contributed by atoms with E-state index >= 15 is 0 Å². The lowest BCUT2D eigenvalue weighted by molar-refractivity contribution is 0.0982. The predicted octanol–water partition coefficient (Wildman–Crippen LogP) is 5.31. The second kappa shape index (κ2) is 8.71. The van der Waals surface area contributed by atoms with E-state index in [1.54, 1.807) is 24.1 Å². The Morgan fingerprint density at radius 2 is 1.66 bits per heavy atom. The van der Waals surface area contributed by atoms with E-state index in [1.807, 2.05) is 75.4 Å². The Labute approximate surface area is 187 Å². The second-order valence-electron chi connectivity index (χ2n) is 8.10. The van der Waals surface area contributed by atoms with E-state index in [9.17, 15) is 9.59 Å². The number of hydrogen-bond acceptors (Lipinski definition) is 3. The maximum absolute atomic E-state index is 13.7. The van der Waals surface area contributed by atoms with Gasteiger partial charge in [0.15, 0.2) is 0 Å². The second-order valence-corrected chi connectivity index (χ2v) is 8.10. The molecule has 0 fully saturated rings. The van der Waals surface area contributed by atoms with E-state index in [4.69, 9.17) is 4.74 Å². The molecule has 0 saturated carbocycles. The summed E-state index contributed by atoms with van der Waals surface area (Å²) in [6, 6.07) is 20.9. The van der Waals surface area contributed by atoms with Gasteiger partial charge in [0.25, 0.3) is 11.5 Å². The largest absolute Gasteiger partial charge is 0.496 e. The van der Waals surface area contributed by atoms with Gasteiger partial charge in [-0.25, -0.2) is 0 Å². The number of H-pyrrole nitrogens is 1. The molecule has 1 N–H and O–H groups in total. The summed E-state index contributed by atoms with van der Waals surface area (Å²) in [6.07, 6.45) is 0. The number of fused-ring (bicyclic) bond motifs is 1. The lowest BCUT2D eigenvalue weighted by Gasteiger charge is -2.26. The average molecular weight is 427 g/mol. The summed E-state index contributed by atoms with van der Waals surface area (Å²) in [4.78, 5) is 31.3. The SMILES string of the molecule is COc1ccccc1C(=O)N(Cc1cc2ccc(C)cc2[nH]c1=O)c1cc(C)ccc1C. The minimum atomic E-state index is -0.223. The first-order valence-electron chi connectivity index (χ1n) is 10.5. The fourth-order valence-electron chi connectivity index (χ4n) is 3.89. The van der Waals surface area contributed by atoms with Crippen LogP contribution in [0.3, 0.4) is 0 Å². The van der Waals surface area contributed by atoms with Gasteiger partial charge in [-0.2, -0.15) is 0 Å². The lowest BCUT2D eigenvalue weighted by atomic mass is 10.1. The summed E-state index contributed by atoms with van der Waals surface area (Å²) in [5.41, 5.74) is 5.38. The molecule has 0 aliphatic carbocycles. The number of nitrogens with zero attached hydrogens (tertiary/aromatic N) is 1. The van der Waals surface area contributed by atoms with Crippen LogP contribution in [0.2, 0.25) is 0 Å². The van der Waals surface area contributed by atoms with E-state index in [2.05, 4.69) is 4.98 Å². The predicted molar refractivity (Wildman–Crippen MR) is 129 cm³/mol. The molecule has 0 bridgehead atoms. The topological polar surface area (TPSA) is 62.4 Å². The Hall–Kier alpha value is -3.86. The van der Waals surface area contributed by atoms with Gasteiger partial charge in [0.1, 0.15) is 5.75 Å². The number of aromatic amines is 1. The number of methoxy groups -OCH3 is 1. The molecule has 3 aromatic carbocycles. The minimum absolute atomic E-state index is 0.139. The molecule has 0 aliphatic rings. The summed E-state index contributed by atoms with van der Waals surface area (Å²) in [5, 5.41) is 0.927. The van der Waals surface area contributed by atoms with Crippen LogP contribution in [-0.4, -0.2) is 18.0 Å². The van der Waals surface area contributed by atoms with Gasteiger partial charge in [-0.05, 0) is 73.2 Å². The Kier molecular flexibility index (Phi) is 5.82. The molecule has 5 heteroatoms. The highest BCUT2D eigenvalue weighted by Crippen LogP contribution is 2.28. The van der Waals surface area contributed by atoms with Crippen LogP contribution in [0.1, 0.15) is 32.6 Å². The molecule has 32 heavy (non-hydrogen) atoms. The van der Waals surface area contributed by atoms with Gasteiger partial charge >= 0.3 is 0 Å². The average Bonchev–Trinajstić information content (AvgIpc) is 2.79. The molecule has 5 nitrogen and oxygen atoms in total. The third-order valence-corrected chi connectivity index (χ3v) is 5.64. The molecule has 0 saturated heterocycles. The van der Waals surface area contributed by atoms with Crippen LogP contribution >= 0.6 is 0 Å². The molecule has 0 radical (unpaired) electrons. The highest BCUT2D eigenvalue weighted by Gasteiger charge is 2.24. The molecule has 0 spiro atoms. The third kappa shape index (κ3) is 4.14. The van der Waals surface area contributed by atoms with Crippen LogP contribution < -0.4 is 15.2 Å². The van der Waals surface area contributed by atoms with E-state index < -0.39 is 0 Å². The number of aryl methyl sites for hydroxylation is 3. The molecule has 162 valence electrons. The number of benzene rings is 3. The van der Waals surface area contributed by atoms with Crippen molar-refractivity contribution in [3.63, 3.8) is 0 Å².